The van der Waals surface area contributed by atoms with Crippen molar-refractivity contribution in [2.24, 2.45) is 0 Å². The number of rotatable bonds is 5. The van der Waals surface area contributed by atoms with Gasteiger partial charge < -0.3 is 15.2 Å². The Morgan fingerprint density at radius 2 is 2.04 bits per heavy atom. The van der Waals surface area contributed by atoms with Crippen molar-refractivity contribution in [2.45, 2.75) is 6.61 Å². The number of esters is 1. The minimum Gasteiger partial charge on any atom is -0.496 e. The number of nitrogens with two attached hydrogens (primary N) is 1. The van der Waals surface area contributed by atoms with E-state index in [0.29, 0.717) is 11.3 Å². The van der Waals surface area contributed by atoms with Crippen LogP contribution in [0.15, 0.2) is 40.9 Å². The Balaban J connectivity index is 2.16. The van der Waals surface area contributed by atoms with Crippen molar-refractivity contribution in [1.82, 2.24) is 0 Å². The van der Waals surface area contributed by atoms with Crippen molar-refractivity contribution in [2.75, 3.05) is 12.8 Å². The third kappa shape index (κ3) is 3.98. The molecule has 0 radical (unpaired) electrons. The average molecular weight is 381 g/mol. The summed E-state index contributed by atoms with van der Waals surface area (Å²) < 4.78 is 11.2. The fraction of sp³-hybridized carbons (Fsp3) is 0.133. The third-order valence-corrected chi connectivity index (χ3v) is 3.56. The van der Waals surface area contributed by atoms with E-state index in [1.54, 1.807) is 18.2 Å². The van der Waals surface area contributed by atoms with Gasteiger partial charge in [-0.1, -0.05) is 15.9 Å². The van der Waals surface area contributed by atoms with Gasteiger partial charge in [-0.2, -0.15) is 0 Å². The monoisotopic (exact) mass is 380 g/mol. The summed E-state index contributed by atoms with van der Waals surface area (Å²) in [5, 5.41) is 10.8. The van der Waals surface area contributed by atoms with Gasteiger partial charge in [0, 0.05) is 16.1 Å². The minimum absolute atomic E-state index is 0.0137. The zero-order valence-electron chi connectivity index (χ0n) is 12.1. The molecule has 0 atom stereocenters. The van der Waals surface area contributed by atoms with Crippen LogP contribution in [0.5, 0.6) is 5.75 Å². The van der Waals surface area contributed by atoms with Crippen LogP contribution in [0, 0.1) is 10.1 Å². The normalized spacial score (nSPS) is 10.2. The molecule has 0 spiro atoms. The number of hydrogen-bond donors (Lipinski definition) is 1. The number of halogens is 1. The fourth-order valence-electron chi connectivity index (χ4n) is 1.92. The highest BCUT2D eigenvalue weighted by Gasteiger charge is 2.17. The molecule has 120 valence electrons. The molecule has 0 saturated heterocycles. The number of carbonyl (C=O) groups excluding carboxylic acids is 1. The zero-order chi connectivity index (χ0) is 17.0. The molecule has 0 aromatic heterocycles. The first-order valence-electron chi connectivity index (χ1n) is 6.46. The summed E-state index contributed by atoms with van der Waals surface area (Å²) in [5.74, 6) is -0.112. The number of benzene rings is 2. The maximum Gasteiger partial charge on any atom is 0.338 e. The maximum atomic E-state index is 12.1. The summed E-state index contributed by atoms with van der Waals surface area (Å²) >= 11 is 3.33. The van der Waals surface area contributed by atoms with Crippen LogP contribution in [0.25, 0.3) is 0 Å². The summed E-state index contributed by atoms with van der Waals surface area (Å²) in [7, 11) is 1.51. The van der Waals surface area contributed by atoms with Gasteiger partial charge in [-0.3, -0.25) is 10.1 Å². The van der Waals surface area contributed by atoms with Gasteiger partial charge in [0.25, 0.3) is 5.69 Å². The highest BCUT2D eigenvalue weighted by molar-refractivity contribution is 9.10. The molecule has 2 N–H and O–H groups in total. The fourth-order valence-corrected chi connectivity index (χ4v) is 2.32. The van der Waals surface area contributed by atoms with E-state index in [0.717, 1.165) is 10.5 Å². The number of anilines is 1. The summed E-state index contributed by atoms with van der Waals surface area (Å²) in [6.45, 7) is -0.0282. The molecule has 0 bridgehead atoms. The Labute approximate surface area is 140 Å². The van der Waals surface area contributed by atoms with Crippen LogP contribution < -0.4 is 10.5 Å². The third-order valence-electron chi connectivity index (χ3n) is 3.06. The Hall–Kier alpha value is -2.61. The average Bonchev–Trinajstić information content (AvgIpc) is 2.52. The highest BCUT2D eigenvalue weighted by atomic mass is 79.9. The standard InChI is InChI=1S/C15H13BrN2O5/c1-22-14-5-3-11(16)6-10(14)8-23-15(19)9-2-4-12(17)13(7-9)18(20)21/h2-7H,8,17H2,1H3. The zero-order valence-corrected chi connectivity index (χ0v) is 13.7. The molecular formula is C15H13BrN2O5. The Morgan fingerprint density at radius 1 is 1.30 bits per heavy atom. The van der Waals surface area contributed by atoms with Crippen LogP contribution in [0.4, 0.5) is 11.4 Å². The van der Waals surface area contributed by atoms with Crippen LogP contribution >= 0.6 is 15.9 Å². The molecule has 0 unspecified atom stereocenters. The lowest BCUT2D eigenvalue weighted by Gasteiger charge is -2.10. The molecule has 2 rings (SSSR count). The van der Waals surface area contributed by atoms with Gasteiger partial charge in [-0.15, -0.1) is 0 Å². The summed E-state index contributed by atoms with van der Waals surface area (Å²) in [6.07, 6.45) is 0. The molecule has 0 amide bonds. The lowest BCUT2D eigenvalue weighted by atomic mass is 10.1. The van der Waals surface area contributed by atoms with Crippen molar-refractivity contribution in [3.63, 3.8) is 0 Å². The van der Waals surface area contributed by atoms with Crippen molar-refractivity contribution in [1.29, 1.82) is 0 Å². The van der Waals surface area contributed by atoms with E-state index in [1.165, 1.54) is 19.2 Å². The number of hydrogen-bond acceptors (Lipinski definition) is 6. The van der Waals surface area contributed by atoms with Gasteiger partial charge in [0.1, 0.15) is 18.0 Å². The molecule has 23 heavy (non-hydrogen) atoms. The van der Waals surface area contributed by atoms with E-state index in [2.05, 4.69) is 15.9 Å². The molecule has 8 heteroatoms. The van der Waals surface area contributed by atoms with Crippen molar-refractivity contribution in [3.05, 3.63) is 62.1 Å². The lowest BCUT2D eigenvalue weighted by Crippen LogP contribution is -2.07. The maximum absolute atomic E-state index is 12.1. The summed E-state index contributed by atoms with van der Waals surface area (Å²) in [5.41, 5.74) is 5.87. The van der Waals surface area contributed by atoms with Crippen molar-refractivity contribution in [3.8, 4) is 5.75 Å². The second-order valence-corrected chi connectivity index (χ2v) is 5.48. The van der Waals surface area contributed by atoms with E-state index in [4.69, 9.17) is 15.2 Å². The van der Waals surface area contributed by atoms with Crippen LogP contribution in [-0.2, 0) is 11.3 Å². The number of nitro groups is 1. The van der Waals surface area contributed by atoms with E-state index < -0.39 is 10.9 Å². The van der Waals surface area contributed by atoms with E-state index >= 15 is 0 Å². The molecule has 0 fully saturated rings. The molecule has 2 aromatic rings. The van der Waals surface area contributed by atoms with Gasteiger partial charge in [0.2, 0.25) is 0 Å². The van der Waals surface area contributed by atoms with E-state index in [-0.39, 0.29) is 23.5 Å². The number of carbonyl (C=O) groups is 1. The second kappa shape index (κ2) is 7.10. The Kier molecular flexibility index (Phi) is 5.17. The lowest BCUT2D eigenvalue weighted by molar-refractivity contribution is -0.383. The van der Waals surface area contributed by atoms with Crippen LogP contribution in [0.1, 0.15) is 15.9 Å². The number of nitrogen functional groups attached to an aromatic ring is 1. The first-order valence-corrected chi connectivity index (χ1v) is 7.25. The molecule has 0 aliphatic heterocycles. The first-order chi connectivity index (χ1) is 10.9. The molecule has 0 saturated carbocycles. The Morgan fingerprint density at radius 3 is 2.70 bits per heavy atom. The smallest absolute Gasteiger partial charge is 0.338 e. The number of methoxy groups -OCH3 is 1. The van der Waals surface area contributed by atoms with E-state index in [9.17, 15) is 14.9 Å². The first kappa shape index (κ1) is 16.8. The largest absolute Gasteiger partial charge is 0.496 e. The number of nitro benzene ring substituents is 1. The van der Waals surface area contributed by atoms with Gasteiger partial charge in [-0.05, 0) is 30.3 Å². The Bertz CT molecular complexity index is 764. The predicted molar refractivity (Wildman–Crippen MR) is 87.3 cm³/mol. The van der Waals surface area contributed by atoms with Crippen LogP contribution in [0.3, 0.4) is 0 Å². The second-order valence-electron chi connectivity index (χ2n) is 4.56. The summed E-state index contributed by atoms with van der Waals surface area (Å²) in [4.78, 5) is 22.2. The molecule has 0 aliphatic carbocycles. The molecule has 0 aliphatic rings. The predicted octanol–water partition coefficient (Wildman–Crippen LogP) is 3.31. The SMILES string of the molecule is COc1ccc(Br)cc1COC(=O)c1ccc(N)c([N+](=O)[O-])c1. The minimum atomic E-state index is -0.685. The molecular weight excluding hydrogens is 368 g/mol. The van der Waals surface area contributed by atoms with E-state index in [1.807, 2.05) is 0 Å². The van der Waals surface area contributed by atoms with Crippen molar-refractivity contribution < 1.29 is 19.2 Å². The van der Waals surface area contributed by atoms with Crippen LogP contribution in [0.2, 0.25) is 0 Å². The topological polar surface area (TPSA) is 105 Å². The van der Waals surface area contributed by atoms with Gasteiger partial charge in [0.15, 0.2) is 0 Å². The van der Waals surface area contributed by atoms with Gasteiger partial charge in [-0.25, -0.2) is 4.79 Å². The number of nitrogens with zero attached hydrogens (tertiary/aromatic N) is 1. The molecule has 7 nitrogen and oxygen atoms in total. The molecule has 2 aromatic carbocycles. The quantitative estimate of drug-likeness (QED) is 0.369. The van der Waals surface area contributed by atoms with Crippen LogP contribution in [-0.4, -0.2) is 18.0 Å². The van der Waals surface area contributed by atoms with Crippen molar-refractivity contribution >= 4 is 33.3 Å². The van der Waals surface area contributed by atoms with Gasteiger partial charge >= 0.3 is 5.97 Å². The highest BCUT2D eigenvalue weighted by Crippen LogP contribution is 2.25. The number of ether oxygens (including phenoxy) is 2. The summed E-state index contributed by atoms with van der Waals surface area (Å²) in [6, 6.07) is 9.07. The molecule has 0 heterocycles. The van der Waals surface area contributed by atoms with Gasteiger partial charge in [0.05, 0.1) is 17.6 Å².